The summed E-state index contributed by atoms with van der Waals surface area (Å²) in [5.74, 6) is -1.71. The molecule has 0 aliphatic rings. The Bertz CT molecular complexity index is 790. The Labute approximate surface area is 133 Å². The molecule has 0 fully saturated rings. The quantitative estimate of drug-likeness (QED) is 0.838. The van der Waals surface area contributed by atoms with Crippen LogP contribution in [0.4, 0.5) is 10.4 Å². The molecule has 0 aliphatic carbocycles. The highest BCUT2D eigenvalue weighted by molar-refractivity contribution is 7.89. The number of hydrogen-bond acceptors (Lipinski definition) is 5. The summed E-state index contributed by atoms with van der Waals surface area (Å²) in [5, 5.41) is 2.24. The fourth-order valence-corrected chi connectivity index (χ4v) is 3.06. The zero-order valence-electron chi connectivity index (χ0n) is 12.5. The minimum atomic E-state index is -3.84. The molecule has 124 valence electrons. The highest BCUT2D eigenvalue weighted by atomic mass is 32.2. The van der Waals surface area contributed by atoms with E-state index in [4.69, 9.17) is 4.42 Å². The zero-order valence-corrected chi connectivity index (χ0v) is 13.4. The normalized spacial score (nSPS) is 12.8. The molecule has 9 heteroatoms. The van der Waals surface area contributed by atoms with Crippen LogP contribution in [0.5, 0.6) is 0 Å². The molecule has 1 atom stereocenters. The number of anilines is 1. The van der Waals surface area contributed by atoms with Gasteiger partial charge in [0.05, 0.1) is 16.7 Å². The lowest BCUT2D eigenvalue weighted by Crippen LogP contribution is -2.32. The Morgan fingerprint density at radius 3 is 2.78 bits per heavy atom. The summed E-state index contributed by atoms with van der Waals surface area (Å²) in [4.78, 5) is 15.5. The summed E-state index contributed by atoms with van der Waals surface area (Å²) in [6.07, 6.45) is 3.14. The summed E-state index contributed by atoms with van der Waals surface area (Å²) in [6.45, 7) is 3.53. The lowest BCUT2D eigenvalue weighted by molar-refractivity contribution is 0.102. The second-order valence-corrected chi connectivity index (χ2v) is 6.58. The molecule has 2 aromatic rings. The largest absolute Gasteiger partial charge is 0.432 e. The minimum Gasteiger partial charge on any atom is -0.432 e. The molecule has 0 saturated heterocycles. The second-order valence-electron chi connectivity index (χ2n) is 4.86. The van der Waals surface area contributed by atoms with E-state index in [0.29, 0.717) is 6.42 Å². The number of carbonyl (C=O) groups is 1. The molecule has 1 amide bonds. The van der Waals surface area contributed by atoms with E-state index in [9.17, 15) is 17.6 Å². The van der Waals surface area contributed by atoms with Crippen molar-refractivity contribution in [2.45, 2.75) is 31.2 Å². The number of carbonyl (C=O) groups excluding carboxylic acids is 1. The third-order valence-corrected chi connectivity index (χ3v) is 4.70. The molecule has 0 saturated carbocycles. The first-order valence-corrected chi connectivity index (χ1v) is 8.34. The predicted octanol–water partition coefficient (Wildman–Crippen LogP) is 2.14. The highest BCUT2D eigenvalue weighted by Gasteiger charge is 2.21. The van der Waals surface area contributed by atoms with Crippen molar-refractivity contribution in [2.24, 2.45) is 0 Å². The van der Waals surface area contributed by atoms with Crippen LogP contribution < -0.4 is 10.0 Å². The predicted molar refractivity (Wildman–Crippen MR) is 80.9 cm³/mol. The van der Waals surface area contributed by atoms with Gasteiger partial charge in [-0.1, -0.05) is 6.92 Å². The summed E-state index contributed by atoms with van der Waals surface area (Å²) in [5.41, 5.74) is -0.421. The van der Waals surface area contributed by atoms with Crippen molar-refractivity contribution in [3.63, 3.8) is 0 Å². The fourth-order valence-electron chi connectivity index (χ4n) is 1.71. The molecule has 0 radical (unpaired) electrons. The van der Waals surface area contributed by atoms with E-state index in [1.54, 1.807) is 6.92 Å². The van der Waals surface area contributed by atoms with Crippen LogP contribution in [0, 0.1) is 5.82 Å². The Kier molecular flexibility index (Phi) is 5.12. The number of oxazole rings is 1. The van der Waals surface area contributed by atoms with E-state index in [2.05, 4.69) is 15.0 Å². The SMILES string of the molecule is CC[C@@H](C)NS(=O)(=O)c1ccc(F)c(C(=O)Nc2ncco2)c1. The average Bonchev–Trinajstić information content (AvgIpc) is 2.99. The van der Waals surface area contributed by atoms with Crippen LogP contribution in [0.3, 0.4) is 0 Å². The van der Waals surface area contributed by atoms with E-state index >= 15 is 0 Å². The molecule has 1 heterocycles. The smallest absolute Gasteiger partial charge is 0.301 e. The van der Waals surface area contributed by atoms with Crippen molar-refractivity contribution in [2.75, 3.05) is 5.32 Å². The van der Waals surface area contributed by atoms with Gasteiger partial charge >= 0.3 is 6.01 Å². The maximum absolute atomic E-state index is 13.8. The van der Waals surface area contributed by atoms with E-state index in [-0.39, 0.29) is 17.0 Å². The number of sulfonamides is 1. The molecule has 1 aromatic carbocycles. The molecule has 23 heavy (non-hydrogen) atoms. The lowest BCUT2D eigenvalue weighted by Gasteiger charge is -2.13. The molecule has 0 unspecified atom stereocenters. The highest BCUT2D eigenvalue weighted by Crippen LogP contribution is 2.17. The first-order chi connectivity index (χ1) is 10.8. The summed E-state index contributed by atoms with van der Waals surface area (Å²) in [6, 6.07) is 2.60. The summed E-state index contributed by atoms with van der Waals surface area (Å²) < 4.78 is 45.5. The van der Waals surface area contributed by atoms with Crippen LogP contribution in [-0.2, 0) is 10.0 Å². The van der Waals surface area contributed by atoms with Gasteiger partial charge in [0.15, 0.2) is 0 Å². The molecule has 0 bridgehead atoms. The number of benzene rings is 1. The van der Waals surface area contributed by atoms with Crippen molar-refractivity contribution in [1.29, 1.82) is 0 Å². The van der Waals surface area contributed by atoms with Crippen LogP contribution in [0.25, 0.3) is 0 Å². The van der Waals surface area contributed by atoms with E-state index in [1.807, 2.05) is 6.92 Å². The Morgan fingerprint density at radius 2 is 2.17 bits per heavy atom. The van der Waals surface area contributed by atoms with Gasteiger partial charge in [0, 0.05) is 6.04 Å². The van der Waals surface area contributed by atoms with Gasteiger partial charge in [-0.25, -0.2) is 22.5 Å². The van der Waals surface area contributed by atoms with Crippen molar-refractivity contribution in [3.05, 3.63) is 42.0 Å². The lowest BCUT2D eigenvalue weighted by atomic mass is 10.2. The maximum atomic E-state index is 13.8. The van der Waals surface area contributed by atoms with Gasteiger partial charge in [-0.15, -0.1) is 0 Å². The third kappa shape index (κ3) is 4.14. The monoisotopic (exact) mass is 341 g/mol. The van der Waals surface area contributed by atoms with E-state index < -0.39 is 27.3 Å². The maximum Gasteiger partial charge on any atom is 0.301 e. The summed E-state index contributed by atoms with van der Waals surface area (Å²) >= 11 is 0. The van der Waals surface area contributed by atoms with Crippen molar-refractivity contribution in [3.8, 4) is 0 Å². The van der Waals surface area contributed by atoms with E-state index in [0.717, 1.165) is 18.2 Å². The van der Waals surface area contributed by atoms with Crippen molar-refractivity contribution >= 4 is 21.9 Å². The van der Waals surface area contributed by atoms with Gasteiger partial charge in [0.2, 0.25) is 10.0 Å². The topological polar surface area (TPSA) is 101 Å². The second kappa shape index (κ2) is 6.88. The minimum absolute atomic E-state index is 0.111. The summed E-state index contributed by atoms with van der Waals surface area (Å²) in [7, 11) is -3.84. The van der Waals surface area contributed by atoms with Crippen molar-refractivity contribution in [1.82, 2.24) is 9.71 Å². The van der Waals surface area contributed by atoms with Gasteiger partial charge in [-0.2, -0.15) is 0 Å². The third-order valence-electron chi connectivity index (χ3n) is 3.11. The zero-order chi connectivity index (χ0) is 17.0. The number of rotatable bonds is 6. The molecule has 2 N–H and O–H groups in total. The fraction of sp³-hybridized carbons (Fsp3) is 0.286. The van der Waals surface area contributed by atoms with Crippen LogP contribution in [0.1, 0.15) is 30.6 Å². The molecular formula is C14H16FN3O4S. The number of nitrogens with zero attached hydrogens (tertiary/aromatic N) is 1. The van der Waals surface area contributed by atoms with Crippen LogP contribution in [0.15, 0.2) is 40.0 Å². The molecule has 1 aromatic heterocycles. The Balaban J connectivity index is 2.30. The average molecular weight is 341 g/mol. The number of aromatic nitrogens is 1. The molecular weight excluding hydrogens is 325 g/mol. The number of amides is 1. The number of nitrogens with one attached hydrogen (secondary N) is 2. The van der Waals surface area contributed by atoms with Gasteiger partial charge in [0.25, 0.3) is 5.91 Å². The molecule has 7 nitrogen and oxygen atoms in total. The molecule has 2 rings (SSSR count). The first kappa shape index (κ1) is 17.1. The van der Waals surface area contributed by atoms with Crippen LogP contribution >= 0.6 is 0 Å². The van der Waals surface area contributed by atoms with Crippen molar-refractivity contribution < 1.29 is 22.0 Å². The van der Waals surface area contributed by atoms with Gasteiger partial charge in [-0.3, -0.25) is 10.1 Å². The Morgan fingerprint density at radius 1 is 1.43 bits per heavy atom. The standard InChI is InChI=1S/C14H16FN3O4S/c1-3-9(2)18-23(20,21)10-4-5-12(15)11(8-10)13(19)17-14-16-6-7-22-14/h4-9,18H,3H2,1-2H3,(H,16,17,19)/t9-/m1/s1. The van der Waals surface area contributed by atoms with Gasteiger partial charge < -0.3 is 4.42 Å². The number of hydrogen-bond donors (Lipinski definition) is 2. The van der Waals surface area contributed by atoms with Gasteiger partial charge in [-0.05, 0) is 31.5 Å². The Hall–Kier alpha value is -2.26. The first-order valence-electron chi connectivity index (χ1n) is 6.86. The van der Waals surface area contributed by atoms with Gasteiger partial charge in [0.1, 0.15) is 12.1 Å². The van der Waals surface area contributed by atoms with Crippen LogP contribution in [-0.4, -0.2) is 25.4 Å². The molecule has 0 aliphatic heterocycles. The van der Waals surface area contributed by atoms with E-state index in [1.165, 1.54) is 12.5 Å². The molecule has 0 spiro atoms. The number of halogens is 1. The van der Waals surface area contributed by atoms with Crippen LogP contribution in [0.2, 0.25) is 0 Å².